The molecule has 14 heavy (non-hydrogen) atoms. The zero-order valence-electron chi connectivity index (χ0n) is 8.01. The van der Waals surface area contributed by atoms with Crippen molar-refractivity contribution in [2.45, 2.75) is 11.3 Å². The number of halogens is 1. The van der Waals surface area contributed by atoms with Crippen LogP contribution < -0.4 is 5.32 Å². The maximum Gasteiger partial charge on any atom is 0.138 e. The molecule has 1 nitrogen and oxygen atoms in total. The molecule has 0 aliphatic carbocycles. The summed E-state index contributed by atoms with van der Waals surface area (Å²) in [5.41, 5.74) is 0.774. The van der Waals surface area contributed by atoms with Crippen molar-refractivity contribution < 1.29 is 4.39 Å². The molecule has 0 amide bonds. The Morgan fingerprint density at radius 3 is 2.93 bits per heavy atom. The number of thioether (sulfide) groups is 1. The summed E-state index contributed by atoms with van der Waals surface area (Å²) in [6, 6.07) is 5.10. The van der Waals surface area contributed by atoms with Crippen LogP contribution in [0, 0.1) is 18.2 Å². The van der Waals surface area contributed by atoms with Crippen LogP contribution in [-0.4, -0.2) is 12.8 Å². The molecule has 0 saturated heterocycles. The van der Waals surface area contributed by atoms with Gasteiger partial charge in [-0.05, 0) is 24.5 Å². The second kappa shape index (κ2) is 5.56. The number of rotatable bonds is 4. The van der Waals surface area contributed by atoms with Crippen molar-refractivity contribution in [3.05, 3.63) is 24.0 Å². The zero-order valence-corrected chi connectivity index (χ0v) is 8.83. The van der Waals surface area contributed by atoms with Crippen LogP contribution in [0.25, 0.3) is 0 Å². The van der Waals surface area contributed by atoms with Gasteiger partial charge in [-0.25, -0.2) is 4.39 Å². The van der Waals surface area contributed by atoms with E-state index in [0.717, 1.165) is 5.69 Å². The Morgan fingerprint density at radius 2 is 2.36 bits per heavy atom. The lowest BCUT2D eigenvalue weighted by molar-refractivity contribution is 0.602. The lowest BCUT2D eigenvalue weighted by Gasteiger charge is -2.05. The molecule has 0 unspecified atom stereocenters. The van der Waals surface area contributed by atoms with E-state index in [9.17, 15) is 4.39 Å². The standard InChI is InChI=1S/C11H12FNS/c1-3-4-7-13-9-5-6-11(14-2)10(12)8-9/h1,5-6,8,13H,4,7H2,2H3. The van der Waals surface area contributed by atoms with Gasteiger partial charge in [0.1, 0.15) is 5.82 Å². The third-order valence-corrected chi connectivity index (χ3v) is 2.52. The maximum atomic E-state index is 13.3. The van der Waals surface area contributed by atoms with Gasteiger partial charge in [0, 0.05) is 23.5 Å². The summed E-state index contributed by atoms with van der Waals surface area (Å²) >= 11 is 1.40. The van der Waals surface area contributed by atoms with Gasteiger partial charge in [0.15, 0.2) is 0 Å². The van der Waals surface area contributed by atoms with Crippen LogP contribution in [0.3, 0.4) is 0 Å². The zero-order chi connectivity index (χ0) is 10.4. The predicted molar refractivity (Wildman–Crippen MR) is 60.1 cm³/mol. The molecule has 0 spiro atoms. The monoisotopic (exact) mass is 209 g/mol. The number of hydrogen-bond acceptors (Lipinski definition) is 2. The van der Waals surface area contributed by atoms with E-state index in [4.69, 9.17) is 6.42 Å². The molecule has 0 aliphatic rings. The quantitative estimate of drug-likeness (QED) is 0.465. The lowest BCUT2D eigenvalue weighted by atomic mass is 10.3. The summed E-state index contributed by atoms with van der Waals surface area (Å²) in [5, 5.41) is 3.05. The van der Waals surface area contributed by atoms with E-state index in [1.807, 2.05) is 12.3 Å². The average molecular weight is 209 g/mol. The van der Waals surface area contributed by atoms with Gasteiger partial charge in [-0.3, -0.25) is 0 Å². The summed E-state index contributed by atoms with van der Waals surface area (Å²) in [6.45, 7) is 0.675. The first kappa shape index (κ1) is 10.9. The Hall–Kier alpha value is -1.14. The average Bonchev–Trinajstić information content (AvgIpc) is 2.18. The van der Waals surface area contributed by atoms with Crippen LogP contribution >= 0.6 is 11.8 Å². The highest BCUT2D eigenvalue weighted by Gasteiger charge is 2.01. The molecule has 74 valence electrons. The molecule has 1 rings (SSSR count). The van der Waals surface area contributed by atoms with Crippen LogP contribution in [-0.2, 0) is 0 Å². The van der Waals surface area contributed by atoms with E-state index in [1.54, 1.807) is 6.07 Å². The van der Waals surface area contributed by atoms with Crippen molar-refractivity contribution in [1.29, 1.82) is 0 Å². The van der Waals surface area contributed by atoms with Gasteiger partial charge in [0.05, 0.1) is 0 Å². The summed E-state index contributed by atoms with van der Waals surface area (Å²) in [4.78, 5) is 0.660. The Kier molecular flexibility index (Phi) is 4.34. The minimum absolute atomic E-state index is 0.191. The van der Waals surface area contributed by atoms with Gasteiger partial charge in [0.2, 0.25) is 0 Å². The van der Waals surface area contributed by atoms with Gasteiger partial charge in [-0.15, -0.1) is 24.1 Å². The van der Waals surface area contributed by atoms with E-state index < -0.39 is 0 Å². The summed E-state index contributed by atoms with van der Waals surface area (Å²) in [6.07, 6.45) is 7.60. The van der Waals surface area contributed by atoms with Crippen LogP contribution in [0.1, 0.15) is 6.42 Å². The smallest absolute Gasteiger partial charge is 0.138 e. The molecule has 0 fully saturated rings. The van der Waals surface area contributed by atoms with Crippen molar-refractivity contribution in [3.63, 3.8) is 0 Å². The fourth-order valence-corrected chi connectivity index (χ4v) is 1.51. The van der Waals surface area contributed by atoms with Crippen LogP contribution in [0.2, 0.25) is 0 Å². The van der Waals surface area contributed by atoms with E-state index in [2.05, 4.69) is 11.2 Å². The Morgan fingerprint density at radius 1 is 1.57 bits per heavy atom. The number of hydrogen-bond donors (Lipinski definition) is 1. The third kappa shape index (κ3) is 2.97. The Balaban J connectivity index is 2.63. The van der Waals surface area contributed by atoms with Gasteiger partial charge in [-0.1, -0.05) is 0 Å². The van der Waals surface area contributed by atoms with Crippen LogP contribution in [0.5, 0.6) is 0 Å². The van der Waals surface area contributed by atoms with Gasteiger partial charge in [-0.2, -0.15) is 0 Å². The minimum atomic E-state index is -0.191. The van der Waals surface area contributed by atoms with Crippen molar-refractivity contribution in [1.82, 2.24) is 0 Å². The molecular formula is C11H12FNS. The highest BCUT2D eigenvalue weighted by atomic mass is 32.2. The van der Waals surface area contributed by atoms with Crippen LogP contribution in [0.15, 0.2) is 23.1 Å². The molecule has 1 N–H and O–H groups in total. The largest absolute Gasteiger partial charge is 0.384 e. The summed E-state index contributed by atoms with van der Waals surface area (Å²) in [7, 11) is 0. The first-order chi connectivity index (χ1) is 6.77. The maximum absolute atomic E-state index is 13.3. The lowest BCUT2D eigenvalue weighted by Crippen LogP contribution is -2.00. The number of benzene rings is 1. The highest BCUT2D eigenvalue weighted by molar-refractivity contribution is 7.98. The molecule has 0 aliphatic heterocycles. The molecule has 0 heterocycles. The molecular weight excluding hydrogens is 197 g/mol. The van der Waals surface area contributed by atoms with Gasteiger partial charge >= 0.3 is 0 Å². The van der Waals surface area contributed by atoms with E-state index >= 15 is 0 Å². The topological polar surface area (TPSA) is 12.0 Å². The molecule has 1 aromatic carbocycles. The third-order valence-electron chi connectivity index (χ3n) is 1.75. The predicted octanol–water partition coefficient (Wildman–Crippen LogP) is 2.98. The molecule has 0 aromatic heterocycles. The second-order valence-corrected chi connectivity index (χ2v) is 3.58. The van der Waals surface area contributed by atoms with E-state index in [0.29, 0.717) is 17.9 Å². The molecule has 0 radical (unpaired) electrons. The Bertz CT molecular complexity index is 344. The minimum Gasteiger partial charge on any atom is -0.384 e. The summed E-state index contributed by atoms with van der Waals surface area (Å²) < 4.78 is 13.3. The molecule has 3 heteroatoms. The van der Waals surface area contributed by atoms with Crippen molar-refractivity contribution in [3.8, 4) is 12.3 Å². The first-order valence-electron chi connectivity index (χ1n) is 4.29. The normalized spacial score (nSPS) is 9.50. The number of nitrogens with one attached hydrogen (secondary N) is 1. The van der Waals surface area contributed by atoms with Crippen molar-refractivity contribution in [2.75, 3.05) is 18.1 Å². The number of terminal acetylenes is 1. The fourth-order valence-electron chi connectivity index (χ4n) is 1.06. The second-order valence-electron chi connectivity index (χ2n) is 2.73. The molecule has 0 saturated carbocycles. The van der Waals surface area contributed by atoms with Crippen LogP contribution in [0.4, 0.5) is 10.1 Å². The molecule has 0 bridgehead atoms. The molecule has 0 atom stereocenters. The van der Waals surface area contributed by atoms with E-state index in [-0.39, 0.29) is 5.82 Å². The van der Waals surface area contributed by atoms with Crippen molar-refractivity contribution >= 4 is 17.4 Å². The van der Waals surface area contributed by atoms with Gasteiger partial charge < -0.3 is 5.32 Å². The van der Waals surface area contributed by atoms with Crippen molar-refractivity contribution in [2.24, 2.45) is 0 Å². The van der Waals surface area contributed by atoms with E-state index in [1.165, 1.54) is 17.8 Å². The Labute approximate surface area is 88.1 Å². The summed E-state index contributed by atoms with van der Waals surface area (Å²) in [5.74, 6) is 2.32. The highest BCUT2D eigenvalue weighted by Crippen LogP contribution is 2.21. The van der Waals surface area contributed by atoms with Gasteiger partial charge in [0.25, 0.3) is 0 Å². The molecule has 1 aromatic rings. The number of anilines is 1. The SMILES string of the molecule is C#CCCNc1ccc(SC)c(F)c1. The first-order valence-corrected chi connectivity index (χ1v) is 5.51. The fraction of sp³-hybridized carbons (Fsp3) is 0.273.